The Bertz CT molecular complexity index is 559. The molecule has 1 aromatic heterocycles. The maximum Gasteiger partial charge on any atom is 0.221 e. The maximum atomic E-state index is 11.2. The first-order chi connectivity index (χ1) is 8.69. The highest BCUT2D eigenvalue weighted by molar-refractivity contribution is 7.18. The van der Waals surface area contributed by atoms with Crippen molar-refractivity contribution in [3.05, 3.63) is 28.2 Å². The number of nitrogens with two attached hydrogens (primary N) is 1. The van der Waals surface area contributed by atoms with Gasteiger partial charge < -0.3 is 11.1 Å². The van der Waals surface area contributed by atoms with Crippen LogP contribution in [-0.2, 0) is 11.2 Å². The number of carbonyl (C=O) groups excluding carboxylic acids is 1. The zero-order chi connectivity index (χ0) is 13.0. The Morgan fingerprint density at radius 3 is 3.00 bits per heavy atom. The van der Waals surface area contributed by atoms with E-state index in [4.69, 9.17) is 17.3 Å². The molecule has 0 saturated heterocycles. The quantitative estimate of drug-likeness (QED) is 0.889. The molecule has 1 amide bonds. The van der Waals surface area contributed by atoms with Crippen molar-refractivity contribution in [3.63, 3.8) is 0 Å². The molecule has 0 saturated carbocycles. The van der Waals surface area contributed by atoms with Crippen LogP contribution < -0.4 is 11.1 Å². The summed E-state index contributed by atoms with van der Waals surface area (Å²) >= 11 is 7.53. The molecule has 104 valence electrons. The van der Waals surface area contributed by atoms with Crippen LogP contribution in [0.25, 0.3) is 10.2 Å². The molecular weight excluding hydrogens is 305 g/mol. The number of nitrogens with one attached hydrogen (secondary N) is 1. The van der Waals surface area contributed by atoms with Crippen LogP contribution in [-0.4, -0.2) is 24.0 Å². The van der Waals surface area contributed by atoms with Gasteiger partial charge in [0.05, 0.1) is 15.2 Å². The fraction of sp³-hybridized carbons (Fsp3) is 0.333. The lowest BCUT2D eigenvalue weighted by Crippen LogP contribution is -2.27. The molecule has 0 radical (unpaired) electrons. The molecule has 0 spiro atoms. The number of hydrogen-bond donors (Lipinski definition) is 2. The summed E-state index contributed by atoms with van der Waals surface area (Å²) in [6.07, 6.45) is 1.10. The molecule has 0 atom stereocenters. The average Bonchev–Trinajstić information content (AvgIpc) is 2.71. The van der Waals surface area contributed by atoms with Gasteiger partial charge in [-0.05, 0) is 18.2 Å². The van der Waals surface area contributed by atoms with Crippen molar-refractivity contribution in [2.24, 2.45) is 5.73 Å². The number of amides is 1. The molecule has 19 heavy (non-hydrogen) atoms. The maximum absolute atomic E-state index is 11.2. The molecule has 2 rings (SSSR count). The number of thiazole rings is 1. The van der Waals surface area contributed by atoms with Crippen LogP contribution in [0.4, 0.5) is 0 Å². The van der Waals surface area contributed by atoms with Gasteiger partial charge in [-0.2, -0.15) is 0 Å². The zero-order valence-electron chi connectivity index (χ0n) is 10.2. The number of carbonyl (C=O) groups is 1. The normalized spacial score (nSPS) is 10.2. The van der Waals surface area contributed by atoms with Crippen molar-refractivity contribution >= 4 is 51.5 Å². The lowest BCUT2D eigenvalue weighted by molar-refractivity contribution is -0.120. The molecular formula is C12H15Cl2N3OS. The number of aromatic nitrogens is 1. The Labute approximate surface area is 126 Å². The first-order valence-electron chi connectivity index (χ1n) is 5.71. The predicted octanol–water partition coefficient (Wildman–Crippen LogP) is 2.38. The minimum Gasteiger partial charge on any atom is -0.356 e. The third-order valence-corrected chi connectivity index (χ3v) is 3.76. The Morgan fingerprint density at radius 1 is 1.47 bits per heavy atom. The minimum absolute atomic E-state index is 0. The van der Waals surface area contributed by atoms with E-state index >= 15 is 0 Å². The molecule has 1 aromatic carbocycles. The number of fused-ring (bicyclic) bond motifs is 1. The number of benzene rings is 1. The zero-order valence-corrected chi connectivity index (χ0v) is 12.6. The molecule has 3 N–H and O–H groups in total. The van der Waals surface area contributed by atoms with Gasteiger partial charge in [0.25, 0.3) is 0 Å². The van der Waals surface area contributed by atoms with E-state index in [1.807, 2.05) is 18.2 Å². The van der Waals surface area contributed by atoms with Crippen molar-refractivity contribution < 1.29 is 4.79 Å². The van der Waals surface area contributed by atoms with Crippen LogP contribution in [0.15, 0.2) is 18.2 Å². The largest absolute Gasteiger partial charge is 0.356 e. The number of nitrogens with zero attached hydrogens (tertiary/aromatic N) is 1. The molecule has 0 aliphatic rings. The molecule has 7 heteroatoms. The van der Waals surface area contributed by atoms with Crippen molar-refractivity contribution in [1.29, 1.82) is 0 Å². The molecule has 0 aliphatic carbocycles. The van der Waals surface area contributed by atoms with Crippen molar-refractivity contribution in [2.75, 3.05) is 13.1 Å². The SMILES string of the molecule is Cl.NCCC(=O)NCCc1nc2cc(Cl)ccc2s1. The van der Waals surface area contributed by atoms with E-state index in [2.05, 4.69) is 10.3 Å². The average molecular weight is 320 g/mol. The molecule has 0 bridgehead atoms. The summed E-state index contributed by atoms with van der Waals surface area (Å²) in [7, 11) is 0. The Balaban J connectivity index is 0.00000180. The summed E-state index contributed by atoms with van der Waals surface area (Å²) < 4.78 is 1.11. The van der Waals surface area contributed by atoms with Gasteiger partial charge in [-0.3, -0.25) is 4.79 Å². The van der Waals surface area contributed by atoms with Crippen LogP contribution in [0.3, 0.4) is 0 Å². The van der Waals surface area contributed by atoms with E-state index in [0.29, 0.717) is 24.5 Å². The summed E-state index contributed by atoms with van der Waals surface area (Å²) in [6.45, 7) is 0.970. The first kappa shape index (κ1) is 16.2. The lowest BCUT2D eigenvalue weighted by Gasteiger charge is -2.01. The predicted molar refractivity (Wildman–Crippen MR) is 82.3 cm³/mol. The highest BCUT2D eigenvalue weighted by atomic mass is 35.5. The smallest absolute Gasteiger partial charge is 0.221 e. The van der Waals surface area contributed by atoms with Gasteiger partial charge in [0.15, 0.2) is 0 Å². The van der Waals surface area contributed by atoms with Crippen molar-refractivity contribution in [3.8, 4) is 0 Å². The Morgan fingerprint density at radius 2 is 2.26 bits per heavy atom. The first-order valence-corrected chi connectivity index (χ1v) is 6.90. The van der Waals surface area contributed by atoms with Crippen LogP contribution in [0.2, 0.25) is 5.02 Å². The van der Waals surface area contributed by atoms with E-state index in [0.717, 1.165) is 21.6 Å². The van der Waals surface area contributed by atoms with E-state index in [9.17, 15) is 4.79 Å². The summed E-state index contributed by atoms with van der Waals surface area (Å²) in [5.74, 6) is -0.0124. The fourth-order valence-corrected chi connectivity index (χ4v) is 2.70. The lowest BCUT2D eigenvalue weighted by atomic mass is 10.3. The topological polar surface area (TPSA) is 68.0 Å². The van der Waals surface area contributed by atoms with Gasteiger partial charge in [-0.15, -0.1) is 23.7 Å². The van der Waals surface area contributed by atoms with Crippen LogP contribution in [0.5, 0.6) is 0 Å². The monoisotopic (exact) mass is 319 g/mol. The van der Waals surface area contributed by atoms with Crippen LogP contribution in [0, 0.1) is 0 Å². The summed E-state index contributed by atoms with van der Waals surface area (Å²) in [5.41, 5.74) is 6.21. The minimum atomic E-state index is -0.0124. The molecule has 0 fully saturated rings. The number of halogens is 2. The van der Waals surface area contributed by atoms with Gasteiger partial charge in [0, 0.05) is 31.0 Å². The van der Waals surface area contributed by atoms with Gasteiger partial charge in [0.2, 0.25) is 5.91 Å². The van der Waals surface area contributed by atoms with Crippen molar-refractivity contribution in [2.45, 2.75) is 12.8 Å². The molecule has 0 unspecified atom stereocenters. The third kappa shape index (κ3) is 4.62. The second-order valence-corrected chi connectivity index (χ2v) is 5.41. The summed E-state index contributed by atoms with van der Waals surface area (Å²) in [5, 5.41) is 4.50. The van der Waals surface area contributed by atoms with Gasteiger partial charge >= 0.3 is 0 Å². The molecule has 4 nitrogen and oxygen atoms in total. The Kier molecular flexibility index (Phi) is 6.51. The highest BCUT2D eigenvalue weighted by Crippen LogP contribution is 2.24. The standard InChI is InChI=1S/C12H14ClN3OS.ClH/c13-8-1-2-10-9(7-8)16-12(18-10)4-6-15-11(17)3-5-14;/h1-2,7H,3-6,14H2,(H,15,17);1H. The number of rotatable bonds is 5. The van der Waals surface area contributed by atoms with Crippen molar-refractivity contribution in [1.82, 2.24) is 10.3 Å². The van der Waals surface area contributed by atoms with E-state index < -0.39 is 0 Å². The van der Waals surface area contributed by atoms with Gasteiger partial charge in [-0.25, -0.2) is 4.98 Å². The van der Waals surface area contributed by atoms with Crippen LogP contribution in [0.1, 0.15) is 11.4 Å². The molecule has 2 aromatic rings. The molecule has 1 heterocycles. The Hall–Kier alpha value is -0.880. The highest BCUT2D eigenvalue weighted by Gasteiger charge is 2.05. The van der Waals surface area contributed by atoms with E-state index in [-0.39, 0.29) is 18.3 Å². The second kappa shape index (κ2) is 7.65. The summed E-state index contributed by atoms with van der Waals surface area (Å²) in [4.78, 5) is 15.7. The van der Waals surface area contributed by atoms with E-state index in [1.54, 1.807) is 11.3 Å². The third-order valence-electron chi connectivity index (χ3n) is 2.43. The molecule has 0 aliphatic heterocycles. The summed E-state index contributed by atoms with van der Waals surface area (Å²) in [6, 6.07) is 5.67. The van der Waals surface area contributed by atoms with Crippen LogP contribution >= 0.6 is 35.3 Å². The number of hydrogen-bond acceptors (Lipinski definition) is 4. The van der Waals surface area contributed by atoms with Gasteiger partial charge in [-0.1, -0.05) is 11.6 Å². The second-order valence-electron chi connectivity index (χ2n) is 3.86. The van der Waals surface area contributed by atoms with E-state index in [1.165, 1.54) is 0 Å². The van der Waals surface area contributed by atoms with Gasteiger partial charge in [0.1, 0.15) is 0 Å². The fourth-order valence-electron chi connectivity index (χ4n) is 1.58.